The molecule has 3 aliphatic heterocycles. The Morgan fingerprint density at radius 2 is 1.92 bits per heavy atom. The lowest BCUT2D eigenvalue weighted by Crippen LogP contribution is -2.50. The SMILES string of the molecule is FC(F)(F)c1nc(N2CCCC2CN2CCc3c([nH]c4ccc(Cl)cc34)C2CNCC2CNC2)ccc1Cl. The predicted octanol–water partition coefficient (Wildman–Crippen LogP) is 5.27. The minimum atomic E-state index is -4.59. The summed E-state index contributed by atoms with van der Waals surface area (Å²) < 4.78 is 40.5. The summed E-state index contributed by atoms with van der Waals surface area (Å²) >= 11 is 12.2. The first kappa shape index (κ1) is 26.2. The summed E-state index contributed by atoms with van der Waals surface area (Å²) in [6.07, 6.45) is -1.87. The van der Waals surface area contributed by atoms with Gasteiger partial charge in [-0.25, -0.2) is 4.98 Å². The van der Waals surface area contributed by atoms with Gasteiger partial charge in [-0.05, 0) is 61.1 Å². The van der Waals surface area contributed by atoms with E-state index in [1.165, 1.54) is 22.7 Å². The maximum Gasteiger partial charge on any atom is 0.434 e. The molecule has 2 saturated heterocycles. The Kier molecular flexibility index (Phi) is 7.24. The van der Waals surface area contributed by atoms with Crippen molar-refractivity contribution in [1.82, 2.24) is 25.5 Å². The van der Waals surface area contributed by atoms with E-state index in [0.29, 0.717) is 18.3 Å². The third-order valence-corrected chi connectivity index (χ3v) is 8.72. The molecule has 0 aliphatic carbocycles. The van der Waals surface area contributed by atoms with Crippen molar-refractivity contribution in [1.29, 1.82) is 0 Å². The Morgan fingerprint density at radius 1 is 1.08 bits per heavy atom. The van der Waals surface area contributed by atoms with Gasteiger partial charge < -0.3 is 20.5 Å². The topological polar surface area (TPSA) is 59.2 Å². The lowest BCUT2D eigenvalue weighted by Gasteiger charge is -2.40. The molecule has 0 amide bonds. The number of nitrogens with zero attached hydrogens (tertiary/aromatic N) is 3. The highest BCUT2D eigenvalue weighted by Gasteiger charge is 2.38. The molecule has 0 radical (unpaired) electrons. The first-order valence-corrected chi connectivity index (χ1v) is 14.0. The van der Waals surface area contributed by atoms with E-state index in [1.807, 2.05) is 23.1 Å². The molecule has 2 aromatic heterocycles. The number of alkyl halides is 3. The number of benzene rings is 1. The highest BCUT2D eigenvalue weighted by molar-refractivity contribution is 6.31. The van der Waals surface area contributed by atoms with Crippen molar-refractivity contribution in [3.05, 3.63) is 57.3 Å². The summed E-state index contributed by atoms with van der Waals surface area (Å²) in [6.45, 7) is 6.15. The first-order chi connectivity index (χ1) is 18.3. The van der Waals surface area contributed by atoms with E-state index >= 15 is 0 Å². The predicted molar refractivity (Wildman–Crippen MR) is 145 cm³/mol. The van der Waals surface area contributed by atoms with E-state index in [2.05, 4.69) is 25.5 Å². The number of aromatic nitrogens is 2. The van der Waals surface area contributed by atoms with Gasteiger partial charge in [0.2, 0.25) is 0 Å². The summed E-state index contributed by atoms with van der Waals surface area (Å²) in [7, 11) is 0. The van der Waals surface area contributed by atoms with Crippen LogP contribution in [0.2, 0.25) is 10.0 Å². The quantitative estimate of drug-likeness (QED) is 0.364. The number of fused-ring (bicyclic) bond motifs is 3. The van der Waals surface area contributed by atoms with Crippen LogP contribution in [-0.4, -0.2) is 66.7 Å². The number of hydrogen-bond acceptors (Lipinski definition) is 5. The van der Waals surface area contributed by atoms with Crippen molar-refractivity contribution in [2.24, 2.45) is 5.92 Å². The van der Waals surface area contributed by atoms with Crippen LogP contribution in [0.5, 0.6) is 0 Å². The molecule has 6 rings (SSSR count). The molecule has 3 aliphatic rings. The van der Waals surface area contributed by atoms with Gasteiger partial charge in [0.1, 0.15) is 5.82 Å². The van der Waals surface area contributed by atoms with Crippen LogP contribution in [-0.2, 0) is 12.6 Å². The molecule has 204 valence electrons. The molecule has 2 unspecified atom stereocenters. The van der Waals surface area contributed by atoms with Gasteiger partial charge in [0.25, 0.3) is 0 Å². The van der Waals surface area contributed by atoms with Gasteiger partial charge in [-0.1, -0.05) is 23.2 Å². The van der Waals surface area contributed by atoms with E-state index in [-0.39, 0.29) is 17.1 Å². The van der Waals surface area contributed by atoms with Crippen LogP contribution in [0.3, 0.4) is 0 Å². The highest BCUT2D eigenvalue weighted by Crippen LogP contribution is 2.38. The molecule has 38 heavy (non-hydrogen) atoms. The second kappa shape index (κ2) is 10.5. The van der Waals surface area contributed by atoms with Gasteiger partial charge in [-0.3, -0.25) is 4.90 Å². The van der Waals surface area contributed by atoms with Crippen LogP contribution >= 0.6 is 23.2 Å². The third kappa shape index (κ3) is 5.11. The van der Waals surface area contributed by atoms with Gasteiger partial charge in [-0.2, -0.15) is 13.2 Å². The van der Waals surface area contributed by atoms with Crippen molar-refractivity contribution in [3.8, 4) is 0 Å². The zero-order valence-electron chi connectivity index (χ0n) is 20.9. The lowest BCUT2D eigenvalue weighted by atomic mass is 9.96. The van der Waals surface area contributed by atoms with E-state index in [4.69, 9.17) is 23.2 Å². The van der Waals surface area contributed by atoms with Gasteiger partial charge >= 0.3 is 6.18 Å². The van der Waals surface area contributed by atoms with Crippen molar-refractivity contribution in [2.45, 2.75) is 37.5 Å². The molecule has 0 spiro atoms. The summed E-state index contributed by atoms with van der Waals surface area (Å²) in [4.78, 5) is 12.1. The molecule has 2 fully saturated rings. The average Bonchev–Trinajstić information content (AvgIpc) is 3.45. The lowest BCUT2D eigenvalue weighted by molar-refractivity contribution is -0.141. The number of rotatable bonds is 7. The van der Waals surface area contributed by atoms with Gasteiger partial charge in [0, 0.05) is 73.5 Å². The number of halogens is 5. The fourth-order valence-electron chi connectivity index (χ4n) is 6.14. The Balaban J connectivity index is 1.26. The molecule has 0 bridgehead atoms. The van der Waals surface area contributed by atoms with Crippen molar-refractivity contribution in [3.63, 3.8) is 0 Å². The Morgan fingerprint density at radius 3 is 2.68 bits per heavy atom. The summed E-state index contributed by atoms with van der Waals surface area (Å²) in [6, 6.07) is 9.10. The van der Waals surface area contributed by atoms with Crippen molar-refractivity contribution >= 4 is 39.9 Å². The maximum absolute atomic E-state index is 13.5. The Hall–Kier alpha value is -2.04. The van der Waals surface area contributed by atoms with Crippen LogP contribution < -0.4 is 15.5 Å². The number of nitrogens with one attached hydrogen (secondary N) is 3. The first-order valence-electron chi connectivity index (χ1n) is 13.2. The molecule has 0 saturated carbocycles. The largest absolute Gasteiger partial charge is 0.434 e. The van der Waals surface area contributed by atoms with Crippen LogP contribution in [0.4, 0.5) is 19.0 Å². The molecule has 2 atom stereocenters. The van der Waals surface area contributed by atoms with E-state index < -0.39 is 11.9 Å². The number of anilines is 1. The van der Waals surface area contributed by atoms with Crippen LogP contribution in [0.25, 0.3) is 10.9 Å². The normalized spacial score (nSPS) is 22.7. The molecular formula is C27H31Cl2F3N6. The molecule has 6 nitrogen and oxygen atoms in total. The van der Waals surface area contributed by atoms with Crippen molar-refractivity contribution in [2.75, 3.05) is 50.7 Å². The summed E-state index contributed by atoms with van der Waals surface area (Å²) in [5, 5.41) is 8.54. The number of hydrogen-bond donors (Lipinski definition) is 3. The zero-order valence-corrected chi connectivity index (χ0v) is 22.4. The Bertz CT molecular complexity index is 1310. The standard InChI is InChI=1S/C27H31Cl2F3N6/c28-17-3-5-22-20(10-17)19-7-9-37(23(25(19)35-22)14-34-13-16-11-33-12-16)15-18-2-1-8-38(18)24-6-4-21(29)26(36-24)27(30,31)32/h3-6,10,16,18,23,33-35H,1-2,7-9,11-15H2. The zero-order chi connectivity index (χ0) is 26.4. The third-order valence-electron chi connectivity index (χ3n) is 8.18. The number of H-pyrrole nitrogens is 1. The molecule has 3 N–H and O–H groups in total. The van der Waals surface area contributed by atoms with Gasteiger partial charge in [0.05, 0.1) is 11.1 Å². The molecule has 1 aromatic carbocycles. The maximum atomic E-state index is 13.5. The van der Waals surface area contributed by atoms with Crippen LogP contribution in [0.1, 0.15) is 35.8 Å². The second-order valence-corrected chi connectivity index (χ2v) is 11.5. The monoisotopic (exact) mass is 566 g/mol. The van der Waals surface area contributed by atoms with Crippen LogP contribution in [0.15, 0.2) is 30.3 Å². The Labute approximate surface area is 229 Å². The van der Waals surface area contributed by atoms with Crippen LogP contribution in [0, 0.1) is 5.92 Å². The smallest absolute Gasteiger partial charge is 0.357 e. The van der Waals surface area contributed by atoms with E-state index in [9.17, 15) is 13.2 Å². The molecule has 11 heteroatoms. The average molecular weight is 567 g/mol. The van der Waals surface area contributed by atoms with Crippen molar-refractivity contribution < 1.29 is 13.2 Å². The molecule has 3 aromatic rings. The highest BCUT2D eigenvalue weighted by atomic mass is 35.5. The number of pyridine rings is 1. The second-order valence-electron chi connectivity index (χ2n) is 10.6. The number of aromatic amines is 1. The summed E-state index contributed by atoms with van der Waals surface area (Å²) in [5.74, 6) is 0.992. The molecule has 5 heterocycles. The fourth-order valence-corrected chi connectivity index (χ4v) is 6.53. The van der Waals surface area contributed by atoms with E-state index in [0.717, 1.165) is 69.1 Å². The van der Waals surface area contributed by atoms with Gasteiger partial charge in [-0.15, -0.1) is 0 Å². The van der Waals surface area contributed by atoms with E-state index in [1.54, 1.807) is 6.07 Å². The fraction of sp³-hybridized carbons (Fsp3) is 0.519. The summed E-state index contributed by atoms with van der Waals surface area (Å²) in [5.41, 5.74) is 2.59. The van der Waals surface area contributed by atoms with Gasteiger partial charge in [0.15, 0.2) is 5.69 Å². The minimum absolute atomic E-state index is 0.0727. The molecular weight excluding hydrogens is 536 g/mol. The minimum Gasteiger partial charge on any atom is -0.357 e.